The second-order valence-corrected chi connectivity index (χ2v) is 6.78. The van der Waals surface area contributed by atoms with Gasteiger partial charge in [0.1, 0.15) is 24.8 Å². The van der Waals surface area contributed by atoms with Gasteiger partial charge in [-0.3, -0.25) is 4.72 Å². The Hall–Kier alpha value is -2.23. The Balaban J connectivity index is 1.91. The summed E-state index contributed by atoms with van der Waals surface area (Å²) in [5.41, 5.74) is 0. The Morgan fingerprint density at radius 2 is 1.87 bits per heavy atom. The first-order valence-electron chi connectivity index (χ1n) is 6.10. The molecule has 2 aromatic heterocycles. The maximum absolute atomic E-state index is 12.4. The van der Waals surface area contributed by atoms with E-state index in [1.807, 2.05) is 0 Å². The Morgan fingerprint density at radius 1 is 1.04 bits per heavy atom. The van der Waals surface area contributed by atoms with Crippen LogP contribution in [0.3, 0.4) is 0 Å². The number of anilines is 1. The maximum atomic E-state index is 12.4. The SMILES string of the molecule is O=S(=O)(Nc1cc(-n2cncn2)ncn1)c1ccc(Cl)c(Cl)c1. The van der Waals surface area contributed by atoms with Crippen LogP contribution >= 0.6 is 23.2 Å². The minimum absolute atomic E-state index is 0.0344. The van der Waals surface area contributed by atoms with Crippen LogP contribution in [0, 0.1) is 0 Å². The molecule has 0 unspecified atom stereocenters. The molecule has 0 radical (unpaired) electrons. The minimum Gasteiger partial charge on any atom is -0.263 e. The normalized spacial score (nSPS) is 11.4. The summed E-state index contributed by atoms with van der Waals surface area (Å²) in [6, 6.07) is 5.42. The van der Waals surface area contributed by atoms with Gasteiger partial charge < -0.3 is 0 Å². The second-order valence-electron chi connectivity index (χ2n) is 4.28. The lowest BCUT2D eigenvalue weighted by Crippen LogP contribution is -2.14. The molecule has 0 amide bonds. The molecule has 1 aromatic carbocycles. The van der Waals surface area contributed by atoms with Crippen molar-refractivity contribution in [3.05, 3.63) is 53.3 Å². The molecule has 2 heterocycles. The Kier molecular flexibility index (Phi) is 4.16. The highest BCUT2D eigenvalue weighted by molar-refractivity contribution is 7.92. The third-order valence-electron chi connectivity index (χ3n) is 2.75. The lowest BCUT2D eigenvalue weighted by Gasteiger charge is -2.08. The Labute approximate surface area is 141 Å². The van der Waals surface area contributed by atoms with Crippen LogP contribution in [-0.4, -0.2) is 33.2 Å². The van der Waals surface area contributed by atoms with E-state index in [9.17, 15) is 8.42 Å². The fourth-order valence-corrected chi connectivity index (χ4v) is 3.08. The third-order valence-corrected chi connectivity index (χ3v) is 4.84. The summed E-state index contributed by atoms with van der Waals surface area (Å²) in [6.07, 6.45) is 3.98. The molecule has 0 bridgehead atoms. The number of benzene rings is 1. The summed E-state index contributed by atoms with van der Waals surface area (Å²) in [4.78, 5) is 11.6. The largest absolute Gasteiger partial charge is 0.263 e. The van der Waals surface area contributed by atoms with Crippen molar-refractivity contribution in [2.45, 2.75) is 4.90 Å². The lowest BCUT2D eigenvalue weighted by atomic mass is 10.4. The molecule has 0 spiro atoms. The molecule has 8 nitrogen and oxygen atoms in total. The van der Waals surface area contributed by atoms with Crippen molar-refractivity contribution in [3.63, 3.8) is 0 Å². The van der Waals surface area contributed by atoms with Crippen LogP contribution in [0.15, 0.2) is 48.1 Å². The molecular weight excluding hydrogens is 363 g/mol. The Morgan fingerprint density at radius 3 is 2.57 bits per heavy atom. The Bertz CT molecular complexity index is 946. The van der Waals surface area contributed by atoms with Crippen LogP contribution in [0.1, 0.15) is 0 Å². The van der Waals surface area contributed by atoms with Crippen molar-refractivity contribution >= 4 is 39.0 Å². The summed E-state index contributed by atoms with van der Waals surface area (Å²) in [5, 5.41) is 4.31. The zero-order chi connectivity index (χ0) is 16.4. The van der Waals surface area contributed by atoms with Gasteiger partial charge in [-0.05, 0) is 18.2 Å². The molecule has 0 atom stereocenters. The molecule has 0 aliphatic carbocycles. The molecule has 0 saturated heterocycles. The third kappa shape index (κ3) is 3.41. The van der Waals surface area contributed by atoms with Crippen molar-refractivity contribution in [1.29, 1.82) is 0 Å². The van der Waals surface area contributed by atoms with Crippen molar-refractivity contribution in [1.82, 2.24) is 24.7 Å². The van der Waals surface area contributed by atoms with E-state index < -0.39 is 10.0 Å². The summed E-state index contributed by atoms with van der Waals surface area (Å²) < 4.78 is 28.4. The number of nitrogens with one attached hydrogen (secondary N) is 1. The molecule has 0 saturated carbocycles. The van der Waals surface area contributed by atoms with Gasteiger partial charge in [-0.25, -0.2) is 28.1 Å². The molecule has 3 rings (SSSR count). The summed E-state index contributed by atoms with van der Waals surface area (Å²) in [7, 11) is -3.87. The molecule has 1 N–H and O–H groups in total. The molecule has 0 aliphatic rings. The van der Waals surface area contributed by atoms with Gasteiger partial charge in [-0.1, -0.05) is 23.2 Å². The van der Waals surface area contributed by atoms with Crippen molar-refractivity contribution < 1.29 is 8.42 Å². The van der Waals surface area contributed by atoms with Crippen molar-refractivity contribution in [2.75, 3.05) is 4.72 Å². The number of hydrogen-bond acceptors (Lipinski definition) is 6. The van der Waals surface area contributed by atoms with Gasteiger partial charge in [0.05, 0.1) is 14.9 Å². The molecule has 0 aliphatic heterocycles. The van der Waals surface area contributed by atoms with Crippen LogP contribution in [0.25, 0.3) is 5.82 Å². The fraction of sp³-hybridized carbons (Fsp3) is 0. The number of halogens is 2. The second kappa shape index (κ2) is 6.11. The van der Waals surface area contributed by atoms with E-state index in [0.717, 1.165) is 0 Å². The predicted octanol–water partition coefficient (Wildman–Crippen LogP) is 2.16. The van der Waals surface area contributed by atoms with Gasteiger partial charge >= 0.3 is 0 Å². The van der Waals surface area contributed by atoms with Crippen LogP contribution in [0.4, 0.5) is 5.82 Å². The number of sulfonamides is 1. The van der Waals surface area contributed by atoms with Gasteiger partial charge in [0.15, 0.2) is 5.82 Å². The van der Waals surface area contributed by atoms with Crippen LogP contribution < -0.4 is 4.72 Å². The number of nitrogens with zero attached hydrogens (tertiary/aromatic N) is 5. The van der Waals surface area contributed by atoms with E-state index in [4.69, 9.17) is 23.2 Å². The van der Waals surface area contributed by atoms with Gasteiger partial charge in [0.2, 0.25) is 0 Å². The first-order valence-corrected chi connectivity index (χ1v) is 8.34. The molecule has 23 heavy (non-hydrogen) atoms. The summed E-state index contributed by atoms with van der Waals surface area (Å²) in [5.74, 6) is 0.445. The highest BCUT2D eigenvalue weighted by Gasteiger charge is 2.17. The smallest absolute Gasteiger partial charge is 0.263 e. The first kappa shape index (κ1) is 15.7. The minimum atomic E-state index is -3.87. The van der Waals surface area contributed by atoms with E-state index in [0.29, 0.717) is 5.82 Å². The van der Waals surface area contributed by atoms with E-state index in [2.05, 4.69) is 24.8 Å². The van der Waals surface area contributed by atoms with E-state index in [1.165, 1.54) is 47.9 Å². The predicted molar refractivity (Wildman–Crippen MR) is 84.2 cm³/mol. The van der Waals surface area contributed by atoms with Crippen molar-refractivity contribution in [3.8, 4) is 5.82 Å². The van der Waals surface area contributed by atoms with E-state index >= 15 is 0 Å². The van der Waals surface area contributed by atoms with Gasteiger partial charge in [0, 0.05) is 6.07 Å². The van der Waals surface area contributed by atoms with Crippen molar-refractivity contribution in [2.24, 2.45) is 0 Å². The van der Waals surface area contributed by atoms with Gasteiger partial charge in [-0.15, -0.1) is 0 Å². The van der Waals surface area contributed by atoms with Crippen LogP contribution in [0.5, 0.6) is 0 Å². The van der Waals surface area contributed by atoms with Crippen LogP contribution in [-0.2, 0) is 10.0 Å². The van der Waals surface area contributed by atoms with Gasteiger partial charge in [0.25, 0.3) is 10.0 Å². The van der Waals surface area contributed by atoms with E-state index in [1.54, 1.807) is 0 Å². The molecule has 0 fully saturated rings. The standard InChI is InChI=1S/C12H8Cl2N6O2S/c13-9-2-1-8(3-10(9)14)23(21,22)19-11-4-12(17-6-16-11)20-7-15-5-18-20/h1-7H,(H,16,17,19). The average Bonchev–Trinajstić information content (AvgIpc) is 3.04. The number of hydrogen-bond donors (Lipinski definition) is 1. The number of rotatable bonds is 4. The zero-order valence-corrected chi connectivity index (χ0v) is 13.6. The lowest BCUT2D eigenvalue weighted by molar-refractivity contribution is 0.601. The highest BCUT2D eigenvalue weighted by Crippen LogP contribution is 2.25. The maximum Gasteiger partial charge on any atom is 0.263 e. The molecular formula is C12H8Cl2N6O2S. The molecule has 118 valence electrons. The average molecular weight is 371 g/mol. The fourth-order valence-electron chi connectivity index (χ4n) is 1.70. The number of aromatic nitrogens is 5. The van der Waals surface area contributed by atoms with Crippen LogP contribution in [0.2, 0.25) is 10.0 Å². The van der Waals surface area contributed by atoms with Gasteiger partial charge in [-0.2, -0.15) is 5.10 Å². The summed E-state index contributed by atoms with van der Waals surface area (Å²) >= 11 is 11.6. The highest BCUT2D eigenvalue weighted by atomic mass is 35.5. The zero-order valence-electron chi connectivity index (χ0n) is 11.3. The first-order chi connectivity index (χ1) is 11.0. The molecule has 3 aromatic rings. The topological polar surface area (TPSA) is 103 Å². The van der Waals surface area contributed by atoms with E-state index in [-0.39, 0.29) is 20.8 Å². The molecule has 11 heteroatoms. The monoisotopic (exact) mass is 370 g/mol. The summed E-state index contributed by atoms with van der Waals surface area (Å²) in [6.45, 7) is 0. The quantitative estimate of drug-likeness (QED) is 0.754.